The molecule has 0 aliphatic heterocycles. The minimum absolute atomic E-state index is 0.237. The van der Waals surface area contributed by atoms with Crippen LogP contribution in [0.15, 0.2) is 23.1 Å². The van der Waals surface area contributed by atoms with Gasteiger partial charge in [-0.25, -0.2) is 0 Å². The highest BCUT2D eigenvalue weighted by Gasteiger charge is 1.96. The lowest BCUT2D eigenvalue weighted by Gasteiger charge is -2.00. The van der Waals surface area contributed by atoms with Crippen LogP contribution < -0.4 is 5.73 Å². The zero-order valence-corrected chi connectivity index (χ0v) is 7.19. The lowest BCUT2D eigenvalue weighted by Crippen LogP contribution is -1.84. The molecule has 3 N–H and O–H groups in total. The van der Waals surface area contributed by atoms with E-state index >= 15 is 0 Å². The van der Waals surface area contributed by atoms with Crippen molar-refractivity contribution in [2.75, 3.05) is 11.5 Å². The summed E-state index contributed by atoms with van der Waals surface area (Å²) < 4.78 is 0. The average Bonchev–Trinajstić information content (AvgIpc) is 1.85. The van der Waals surface area contributed by atoms with Crippen molar-refractivity contribution in [2.24, 2.45) is 0 Å². The topological polar surface area (TPSA) is 46.2 Å². The van der Waals surface area contributed by atoms with E-state index in [0.29, 0.717) is 5.69 Å². The minimum atomic E-state index is 0.237. The molecule has 3 heteroatoms. The Hall–Kier alpha value is -0.830. The molecular weight excluding hydrogens is 158 g/mol. The second-order valence-electron chi connectivity index (χ2n) is 2.19. The predicted octanol–water partition coefficient (Wildman–Crippen LogP) is 2.09. The highest BCUT2D eigenvalue weighted by Crippen LogP contribution is 2.25. The smallest absolute Gasteiger partial charge is 0.118 e. The van der Waals surface area contributed by atoms with Crippen molar-refractivity contribution in [3.8, 4) is 5.75 Å². The SMILES string of the molecule is CCSc1cc(N)cc(O)c1. The first-order valence-corrected chi connectivity index (χ1v) is 4.43. The molecule has 2 nitrogen and oxygen atoms in total. The number of thioether (sulfide) groups is 1. The monoisotopic (exact) mass is 169 g/mol. The summed E-state index contributed by atoms with van der Waals surface area (Å²) in [6.07, 6.45) is 0. The Morgan fingerprint density at radius 2 is 2.18 bits per heavy atom. The van der Waals surface area contributed by atoms with Crippen molar-refractivity contribution in [1.82, 2.24) is 0 Å². The van der Waals surface area contributed by atoms with Crippen molar-refractivity contribution < 1.29 is 5.11 Å². The second-order valence-corrected chi connectivity index (χ2v) is 3.53. The van der Waals surface area contributed by atoms with Crippen LogP contribution in [0, 0.1) is 0 Å². The van der Waals surface area contributed by atoms with E-state index in [1.165, 1.54) is 0 Å². The van der Waals surface area contributed by atoms with Crippen molar-refractivity contribution in [3.63, 3.8) is 0 Å². The summed E-state index contributed by atoms with van der Waals surface area (Å²) in [6, 6.07) is 5.11. The Kier molecular flexibility index (Phi) is 2.65. The Bertz CT molecular complexity index is 230. The van der Waals surface area contributed by atoms with Crippen LogP contribution >= 0.6 is 11.8 Å². The van der Waals surface area contributed by atoms with E-state index in [0.717, 1.165) is 10.6 Å². The number of benzene rings is 1. The Labute approximate surface area is 70.4 Å². The van der Waals surface area contributed by atoms with Crippen LogP contribution in [0.25, 0.3) is 0 Å². The van der Waals surface area contributed by atoms with Crippen LogP contribution in [-0.4, -0.2) is 10.9 Å². The van der Waals surface area contributed by atoms with E-state index in [4.69, 9.17) is 10.8 Å². The molecule has 60 valence electrons. The molecule has 0 aromatic heterocycles. The molecule has 0 atom stereocenters. The molecule has 0 bridgehead atoms. The zero-order chi connectivity index (χ0) is 8.27. The van der Waals surface area contributed by atoms with E-state index in [1.807, 2.05) is 6.07 Å². The van der Waals surface area contributed by atoms with Gasteiger partial charge in [-0.1, -0.05) is 6.92 Å². The minimum Gasteiger partial charge on any atom is -0.508 e. The summed E-state index contributed by atoms with van der Waals surface area (Å²) in [4.78, 5) is 1.02. The van der Waals surface area contributed by atoms with E-state index in [2.05, 4.69) is 6.92 Å². The van der Waals surface area contributed by atoms with Crippen LogP contribution in [0.4, 0.5) is 5.69 Å². The van der Waals surface area contributed by atoms with Gasteiger partial charge in [-0.2, -0.15) is 0 Å². The fraction of sp³-hybridized carbons (Fsp3) is 0.250. The molecule has 0 fully saturated rings. The molecule has 11 heavy (non-hydrogen) atoms. The van der Waals surface area contributed by atoms with E-state index in [-0.39, 0.29) is 5.75 Å². The zero-order valence-electron chi connectivity index (χ0n) is 6.37. The van der Waals surface area contributed by atoms with Gasteiger partial charge in [0.1, 0.15) is 5.75 Å². The first-order chi connectivity index (χ1) is 5.22. The van der Waals surface area contributed by atoms with Crippen molar-refractivity contribution in [1.29, 1.82) is 0 Å². The van der Waals surface area contributed by atoms with Crippen LogP contribution in [-0.2, 0) is 0 Å². The first kappa shape index (κ1) is 8.27. The molecule has 1 rings (SSSR count). The molecule has 0 amide bonds. The molecule has 0 spiro atoms. The quantitative estimate of drug-likeness (QED) is 0.526. The molecule has 1 aromatic rings. The maximum Gasteiger partial charge on any atom is 0.118 e. The molecule has 0 unspecified atom stereocenters. The maximum absolute atomic E-state index is 9.13. The number of nitrogen functional groups attached to an aromatic ring is 1. The second kappa shape index (κ2) is 3.53. The summed E-state index contributed by atoms with van der Waals surface area (Å²) in [6.45, 7) is 2.06. The van der Waals surface area contributed by atoms with Crippen LogP contribution in [0.5, 0.6) is 5.75 Å². The van der Waals surface area contributed by atoms with Crippen LogP contribution in [0.1, 0.15) is 6.92 Å². The van der Waals surface area contributed by atoms with Gasteiger partial charge in [0, 0.05) is 16.6 Å². The third-order valence-electron chi connectivity index (χ3n) is 1.22. The van der Waals surface area contributed by atoms with E-state index < -0.39 is 0 Å². The van der Waals surface area contributed by atoms with Gasteiger partial charge in [-0.05, 0) is 17.9 Å². The first-order valence-electron chi connectivity index (χ1n) is 3.44. The Morgan fingerprint density at radius 3 is 2.73 bits per heavy atom. The predicted molar refractivity (Wildman–Crippen MR) is 48.9 cm³/mol. The van der Waals surface area contributed by atoms with Gasteiger partial charge in [0.25, 0.3) is 0 Å². The lowest BCUT2D eigenvalue weighted by atomic mass is 10.3. The molecular formula is C8H11NOS. The number of phenols is 1. The van der Waals surface area contributed by atoms with E-state index in [9.17, 15) is 0 Å². The Balaban J connectivity index is 2.89. The summed E-state index contributed by atoms with van der Waals surface area (Å²) >= 11 is 1.66. The molecule has 0 aliphatic carbocycles. The molecule has 0 saturated carbocycles. The van der Waals surface area contributed by atoms with Gasteiger partial charge in [0.2, 0.25) is 0 Å². The highest BCUT2D eigenvalue weighted by atomic mass is 32.2. The molecule has 1 aromatic carbocycles. The van der Waals surface area contributed by atoms with Crippen LogP contribution in [0.2, 0.25) is 0 Å². The third kappa shape index (κ3) is 2.35. The van der Waals surface area contributed by atoms with Gasteiger partial charge in [0.15, 0.2) is 0 Å². The normalized spacial score (nSPS) is 9.91. The standard InChI is InChI=1S/C8H11NOS/c1-2-11-8-4-6(9)3-7(10)5-8/h3-5,10H,2,9H2,1H3. The fourth-order valence-corrected chi connectivity index (χ4v) is 1.61. The van der Waals surface area contributed by atoms with Crippen molar-refractivity contribution in [3.05, 3.63) is 18.2 Å². The number of nitrogens with two attached hydrogens (primary N) is 1. The van der Waals surface area contributed by atoms with Gasteiger partial charge < -0.3 is 10.8 Å². The van der Waals surface area contributed by atoms with Crippen LogP contribution in [0.3, 0.4) is 0 Å². The van der Waals surface area contributed by atoms with Crippen molar-refractivity contribution >= 4 is 17.4 Å². The Morgan fingerprint density at radius 1 is 1.45 bits per heavy atom. The summed E-state index contributed by atoms with van der Waals surface area (Å²) in [5.41, 5.74) is 6.13. The number of rotatable bonds is 2. The summed E-state index contributed by atoms with van der Waals surface area (Å²) in [7, 11) is 0. The number of hydrogen-bond acceptors (Lipinski definition) is 3. The molecule has 0 saturated heterocycles. The third-order valence-corrected chi connectivity index (χ3v) is 2.08. The number of hydrogen-bond donors (Lipinski definition) is 2. The molecule has 0 radical (unpaired) electrons. The van der Waals surface area contributed by atoms with Gasteiger partial charge >= 0.3 is 0 Å². The fourth-order valence-electron chi connectivity index (χ4n) is 0.856. The summed E-state index contributed by atoms with van der Waals surface area (Å²) in [5, 5.41) is 9.13. The number of phenolic OH excluding ortho intramolecular Hbond substituents is 1. The molecule has 0 heterocycles. The van der Waals surface area contributed by atoms with Gasteiger partial charge in [-0.15, -0.1) is 11.8 Å². The maximum atomic E-state index is 9.13. The summed E-state index contributed by atoms with van der Waals surface area (Å²) in [5.74, 6) is 1.23. The highest BCUT2D eigenvalue weighted by molar-refractivity contribution is 7.99. The molecule has 0 aliphatic rings. The van der Waals surface area contributed by atoms with Crippen molar-refractivity contribution in [2.45, 2.75) is 11.8 Å². The number of aromatic hydroxyl groups is 1. The van der Waals surface area contributed by atoms with Gasteiger partial charge in [-0.3, -0.25) is 0 Å². The average molecular weight is 169 g/mol. The van der Waals surface area contributed by atoms with E-state index in [1.54, 1.807) is 23.9 Å². The van der Waals surface area contributed by atoms with Gasteiger partial charge in [0.05, 0.1) is 0 Å². The number of anilines is 1. The largest absolute Gasteiger partial charge is 0.508 e. The lowest BCUT2D eigenvalue weighted by molar-refractivity contribution is 0.474.